The third-order valence-electron chi connectivity index (χ3n) is 4.46. The highest BCUT2D eigenvalue weighted by molar-refractivity contribution is 5.94. The molecule has 0 saturated carbocycles. The largest absolute Gasteiger partial charge is 0.378 e. The van der Waals surface area contributed by atoms with E-state index in [1.807, 2.05) is 17.4 Å². The molecule has 0 aromatic carbocycles. The van der Waals surface area contributed by atoms with E-state index < -0.39 is 0 Å². The van der Waals surface area contributed by atoms with E-state index in [2.05, 4.69) is 14.8 Å². The molecule has 122 valence electrons. The number of carbonyl (C=O) groups excluding carboxylic acids is 1. The molecule has 3 saturated heterocycles. The van der Waals surface area contributed by atoms with Crippen molar-refractivity contribution in [2.45, 2.75) is 25.7 Å². The van der Waals surface area contributed by atoms with Crippen molar-refractivity contribution in [3.63, 3.8) is 0 Å². The molecule has 0 unspecified atom stereocenters. The van der Waals surface area contributed by atoms with Crippen molar-refractivity contribution in [2.24, 2.45) is 4.99 Å². The molecule has 0 radical (unpaired) electrons. The number of hydrogen-bond donors (Lipinski definition) is 0. The van der Waals surface area contributed by atoms with Crippen molar-refractivity contribution in [1.82, 2.24) is 14.7 Å². The summed E-state index contributed by atoms with van der Waals surface area (Å²) in [6.07, 6.45) is 8.64. The fraction of sp³-hybridized carbons (Fsp3) is 0.750. The highest BCUT2D eigenvalue weighted by atomic mass is 16.5. The molecule has 0 N–H and O–H groups in total. The van der Waals surface area contributed by atoms with Crippen LogP contribution in [-0.2, 0) is 9.53 Å². The summed E-state index contributed by atoms with van der Waals surface area (Å²) in [7, 11) is 0. The van der Waals surface area contributed by atoms with Gasteiger partial charge in [0.2, 0.25) is 0 Å². The van der Waals surface area contributed by atoms with Gasteiger partial charge in [0.25, 0.3) is 5.91 Å². The summed E-state index contributed by atoms with van der Waals surface area (Å²) in [5.74, 6) is 0.0330. The second kappa shape index (κ2) is 7.63. The van der Waals surface area contributed by atoms with Crippen LogP contribution in [0.1, 0.15) is 25.7 Å². The summed E-state index contributed by atoms with van der Waals surface area (Å²) < 4.78 is 5.33. The van der Waals surface area contributed by atoms with Gasteiger partial charge in [0, 0.05) is 45.5 Å². The minimum Gasteiger partial charge on any atom is -0.378 e. The number of amides is 1. The Morgan fingerprint density at radius 1 is 0.864 bits per heavy atom. The Morgan fingerprint density at radius 2 is 1.45 bits per heavy atom. The average molecular weight is 306 g/mol. The first kappa shape index (κ1) is 15.3. The van der Waals surface area contributed by atoms with Gasteiger partial charge >= 0.3 is 0 Å². The molecule has 0 atom stereocenters. The number of likely N-dealkylation sites (tertiary alicyclic amines) is 2. The molecule has 0 spiro atoms. The van der Waals surface area contributed by atoms with Gasteiger partial charge in [0.1, 0.15) is 5.70 Å². The summed E-state index contributed by atoms with van der Waals surface area (Å²) in [4.78, 5) is 23.5. The number of morpholine rings is 1. The van der Waals surface area contributed by atoms with Crippen molar-refractivity contribution in [3.05, 3.63) is 11.9 Å². The van der Waals surface area contributed by atoms with Gasteiger partial charge in [-0.25, -0.2) is 4.99 Å². The highest BCUT2D eigenvalue weighted by Gasteiger charge is 2.22. The molecule has 3 heterocycles. The van der Waals surface area contributed by atoms with Crippen molar-refractivity contribution in [3.8, 4) is 0 Å². The minimum atomic E-state index is 0.0330. The molecule has 0 aromatic heterocycles. The van der Waals surface area contributed by atoms with Gasteiger partial charge < -0.3 is 19.4 Å². The third kappa shape index (κ3) is 4.00. The van der Waals surface area contributed by atoms with Gasteiger partial charge in [0.05, 0.1) is 19.6 Å². The van der Waals surface area contributed by atoms with E-state index in [4.69, 9.17) is 4.74 Å². The van der Waals surface area contributed by atoms with E-state index in [9.17, 15) is 4.79 Å². The molecule has 6 heteroatoms. The second-order valence-electron chi connectivity index (χ2n) is 6.15. The van der Waals surface area contributed by atoms with Crippen LogP contribution in [0, 0.1) is 0 Å². The Bertz CT molecular complexity index is 431. The Kier molecular flexibility index (Phi) is 5.32. The molecule has 0 aliphatic carbocycles. The molecular weight excluding hydrogens is 280 g/mol. The number of nitrogens with zero attached hydrogens (tertiary/aromatic N) is 4. The smallest absolute Gasteiger partial charge is 0.274 e. The summed E-state index contributed by atoms with van der Waals surface area (Å²) in [6, 6.07) is 0. The van der Waals surface area contributed by atoms with E-state index >= 15 is 0 Å². The number of ether oxygens (including phenoxy) is 1. The first-order valence-corrected chi connectivity index (χ1v) is 8.44. The van der Waals surface area contributed by atoms with Crippen LogP contribution < -0.4 is 0 Å². The molecule has 3 rings (SSSR count). The van der Waals surface area contributed by atoms with Crippen LogP contribution in [-0.4, -0.2) is 79.4 Å². The first-order chi connectivity index (χ1) is 10.8. The van der Waals surface area contributed by atoms with Gasteiger partial charge in [0.15, 0.2) is 0 Å². The lowest BCUT2D eigenvalue weighted by Gasteiger charge is -2.27. The highest BCUT2D eigenvalue weighted by Crippen LogP contribution is 2.14. The Balaban J connectivity index is 1.70. The number of rotatable bonds is 4. The Morgan fingerprint density at radius 3 is 2.09 bits per heavy atom. The fourth-order valence-corrected chi connectivity index (χ4v) is 3.12. The van der Waals surface area contributed by atoms with Crippen LogP contribution in [0.25, 0.3) is 0 Å². The van der Waals surface area contributed by atoms with Crippen LogP contribution in [0.5, 0.6) is 0 Å². The maximum Gasteiger partial charge on any atom is 0.274 e. The van der Waals surface area contributed by atoms with Crippen LogP contribution in [0.15, 0.2) is 16.9 Å². The second-order valence-corrected chi connectivity index (χ2v) is 6.15. The molecule has 22 heavy (non-hydrogen) atoms. The zero-order valence-electron chi connectivity index (χ0n) is 13.2. The van der Waals surface area contributed by atoms with Crippen molar-refractivity contribution >= 4 is 12.2 Å². The predicted octanol–water partition coefficient (Wildman–Crippen LogP) is 0.907. The molecule has 3 aliphatic heterocycles. The summed E-state index contributed by atoms with van der Waals surface area (Å²) in [6.45, 7) is 6.72. The Hall–Kier alpha value is -1.56. The van der Waals surface area contributed by atoms with E-state index in [-0.39, 0.29) is 5.91 Å². The van der Waals surface area contributed by atoms with Gasteiger partial charge in [-0.2, -0.15) is 0 Å². The molecular formula is C16H26N4O2. The van der Waals surface area contributed by atoms with Crippen LogP contribution in [0.3, 0.4) is 0 Å². The van der Waals surface area contributed by atoms with E-state index in [0.29, 0.717) is 32.0 Å². The SMILES string of the molecule is O=C(/C(=C\N1CCCC1)N=CN1CCCC1)N1CCOCC1. The number of hydrogen-bond acceptors (Lipinski definition) is 4. The molecule has 0 aromatic rings. The molecule has 6 nitrogen and oxygen atoms in total. The zero-order valence-corrected chi connectivity index (χ0v) is 13.2. The van der Waals surface area contributed by atoms with Gasteiger partial charge in [-0.15, -0.1) is 0 Å². The maximum atomic E-state index is 12.7. The quantitative estimate of drug-likeness (QED) is 0.440. The summed E-state index contributed by atoms with van der Waals surface area (Å²) in [5, 5.41) is 0. The monoisotopic (exact) mass is 306 g/mol. The van der Waals surface area contributed by atoms with Crippen molar-refractivity contribution in [2.75, 3.05) is 52.5 Å². The van der Waals surface area contributed by atoms with Crippen molar-refractivity contribution in [1.29, 1.82) is 0 Å². The summed E-state index contributed by atoms with van der Waals surface area (Å²) in [5.41, 5.74) is 0.565. The van der Waals surface area contributed by atoms with Crippen LogP contribution >= 0.6 is 0 Å². The maximum absolute atomic E-state index is 12.7. The normalized spacial score (nSPS) is 23.8. The zero-order chi connectivity index (χ0) is 15.2. The third-order valence-corrected chi connectivity index (χ3v) is 4.46. The van der Waals surface area contributed by atoms with E-state index in [0.717, 1.165) is 26.2 Å². The Labute approximate surface area is 132 Å². The van der Waals surface area contributed by atoms with Gasteiger partial charge in [-0.3, -0.25) is 4.79 Å². The summed E-state index contributed by atoms with van der Waals surface area (Å²) >= 11 is 0. The predicted molar refractivity (Wildman–Crippen MR) is 85.6 cm³/mol. The van der Waals surface area contributed by atoms with E-state index in [1.54, 1.807) is 0 Å². The first-order valence-electron chi connectivity index (χ1n) is 8.44. The van der Waals surface area contributed by atoms with E-state index in [1.165, 1.54) is 25.7 Å². The lowest BCUT2D eigenvalue weighted by Crippen LogP contribution is -2.41. The number of carbonyl (C=O) groups is 1. The molecule has 1 amide bonds. The van der Waals surface area contributed by atoms with Gasteiger partial charge in [-0.1, -0.05) is 0 Å². The standard InChI is InChI=1S/C16H26N4O2/c21-16(20-9-11-22-12-10-20)15(13-18-5-1-2-6-18)17-14-19-7-3-4-8-19/h13-14H,1-12H2/b15-13+,17-14?. The number of aliphatic imine (C=N–C) groups is 1. The topological polar surface area (TPSA) is 48.4 Å². The van der Waals surface area contributed by atoms with Gasteiger partial charge in [-0.05, 0) is 25.7 Å². The molecule has 3 fully saturated rings. The molecule has 3 aliphatic rings. The lowest BCUT2D eigenvalue weighted by molar-refractivity contribution is -0.131. The van der Waals surface area contributed by atoms with Crippen LogP contribution in [0.4, 0.5) is 0 Å². The molecule has 0 bridgehead atoms. The fourth-order valence-electron chi connectivity index (χ4n) is 3.12. The lowest BCUT2D eigenvalue weighted by atomic mass is 10.3. The van der Waals surface area contributed by atoms with Crippen LogP contribution in [0.2, 0.25) is 0 Å². The van der Waals surface area contributed by atoms with Crippen molar-refractivity contribution < 1.29 is 9.53 Å². The average Bonchev–Trinajstić information content (AvgIpc) is 3.25. The minimum absolute atomic E-state index is 0.0330.